The molecule has 12 heavy (non-hydrogen) atoms. The summed E-state index contributed by atoms with van der Waals surface area (Å²) in [5.74, 6) is -0.205. The molecule has 5 heteroatoms. The highest BCUT2D eigenvalue weighted by molar-refractivity contribution is 7.91. The SMILES string of the molecule is O=S(=O)(CO[SiH3])c1ccccc1. The Hall–Kier alpha value is -0.653. The van der Waals surface area contributed by atoms with Gasteiger partial charge in [-0.2, -0.15) is 0 Å². The van der Waals surface area contributed by atoms with E-state index < -0.39 is 9.84 Å². The lowest BCUT2D eigenvalue weighted by Crippen LogP contribution is -2.08. The number of hydrogen-bond donors (Lipinski definition) is 0. The van der Waals surface area contributed by atoms with Gasteiger partial charge in [-0.05, 0) is 12.1 Å². The van der Waals surface area contributed by atoms with Crippen LogP contribution in [0, 0.1) is 0 Å². The molecule has 0 saturated heterocycles. The summed E-state index contributed by atoms with van der Waals surface area (Å²) in [6.07, 6.45) is 0. The Morgan fingerprint density at radius 2 is 1.83 bits per heavy atom. The largest absolute Gasteiger partial charge is 0.414 e. The number of rotatable bonds is 3. The monoisotopic (exact) mass is 202 g/mol. The molecule has 0 heterocycles. The molecule has 0 aliphatic carbocycles. The molecule has 0 aliphatic heterocycles. The van der Waals surface area contributed by atoms with Gasteiger partial charge >= 0.3 is 0 Å². The van der Waals surface area contributed by atoms with Gasteiger partial charge in [0.05, 0.1) is 4.90 Å². The van der Waals surface area contributed by atoms with Gasteiger partial charge in [-0.15, -0.1) is 0 Å². The van der Waals surface area contributed by atoms with Crippen LogP contribution in [-0.4, -0.2) is 24.8 Å². The minimum absolute atomic E-state index is 0.205. The average molecular weight is 202 g/mol. The van der Waals surface area contributed by atoms with E-state index in [0.29, 0.717) is 15.4 Å². The Kier molecular flexibility index (Phi) is 3.02. The van der Waals surface area contributed by atoms with E-state index in [1.807, 2.05) is 0 Å². The molecule has 0 atom stereocenters. The average Bonchev–Trinajstić information content (AvgIpc) is 2.06. The molecular formula is C7H10O3SSi. The Morgan fingerprint density at radius 1 is 1.25 bits per heavy atom. The fraction of sp³-hybridized carbons (Fsp3) is 0.143. The second kappa shape index (κ2) is 3.84. The van der Waals surface area contributed by atoms with Gasteiger partial charge in [0, 0.05) is 0 Å². The highest BCUT2D eigenvalue weighted by atomic mass is 32.2. The quantitative estimate of drug-likeness (QED) is 0.633. The standard InChI is InChI=1S/C7H10O3SSi/c8-11(9,6-10-12)7-4-2-1-3-5-7/h1-5H,6H2,12H3. The summed E-state index contributed by atoms with van der Waals surface area (Å²) in [6, 6.07) is 8.30. The van der Waals surface area contributed by atoms with Gasteiger partial charge in [-0.1, -0.05) is 18.2 Å². The van der Waals surface area contributed by atoms with Crippen LogP contribution in [0.5, 0.6) is 0 Å². The first-order chi connectivity index (χ1) is 5.67. The summed E-state index contributed by atoms with van der Waals surface area (Å²) in [7, 11) is -2.76. The number of sulfone groups is 1. The zero-order valence-corrected chi connectivity index (χ0v) is 9.54. The molecule has 1 aromatic rings. The minimum Gasteiger partial charge on any atom is -0.414 e. The lowest BCUT2D eigenvalue weighted by molar-refractivity contribution is 0.414. The van der Waals surface area contributed by atoms with Gasteiger partial charge in [0.2, 0.25) is 9.84 Å². The third-order valence-corrected chi connectivity index (χ3v) is 3.62. The zero-order chi connectivity index (χ0) is 9.03. The van der Waals surface area contributed by atoms with E-state index in [4.69, 9.17) is 4.43 Å². The first-order valence-electron chi connectivity index (χ1n) is 3.43. The van der Waals surface area contributed by atoms with Crippen LogP contribution >= 0.6 is 0 Å². The highest BCUT2D eigenvalue weighted by Crippen LogP contribution is 2.09. The van der Waals surface area contributed by atoms with Crippen LogP contribution in [0.2, 0.25) is 0 Å². The molecule has 0 aromatic heterocycles. The van der Waals surface area contributed by atoms with Crippen LogP contribution in [0.15, 0.2) is 35.2 Å². The summed E-state index contributed by atoms with van der Waals surface area (Å²) in [4.78, 5) is 0.320. The van der Waals surface area contributed by atoms with Crippen LogP contribution in [-0.2, 0) is 14.3 Å². The molecule has 0 bridgehead atoms. The normalized spacial score (nSPS) is 11.7. The van der Waals surface area contributed by atoms with Crippen LogP contribution < -0.4 is 0 Å². The summed E-state index contributed by atoms with van der Waals surface area (Å²) >= 11 is 0. The van der Waals surface area contributed by atoms with Crippen molar-refractivity contribution in [3.05, 3.63) is 30.3 Å². The molecule has 0 radical (unpaired) electrons. The lowest BCUT2D eigenvalue weighted by atomic mass is 10.4. The molecular weight excluding hydrogens is 192 g/mol. The summed E-state index contributed by atoms with van der Waals surface area (Å²) in [6.45, 7) is 0. The first kappa shape index (κ1) is 9.44. The Morgan fingerprint density at radius 3 is 2.33 bits per heavy atom. The van der Waals surface area contributed by atoms with Crippen LogP contribution in [0.25, 0.3) is 0 Å². The summed E-state index contributed by atoms with van der Waals surface area (Å²) in [5, 5.41) is 0. The molecule has 3 nitrogen and oxygen atoms in total. The van der Waals surface area contributed by atoms with Gasteiger partial charge in [0.1, 0.15) is 16.4 Å². The topological polar surface area (TPSA) is 43.4 Å². The fourth-order valence-electron chi connectivity index (χ4n) is 0.851. The lowest BCUT2D eigenvalue weighted by Gasteiger charge is -2.01. The minimum atomic E-state index is -3.20. The van der Waals surface area contributed by atoms with Crippen molar-refractivity contribution in [1.29, 1.82) is 0 Å². The van der Waals surface area contributed by atoms with Crippen molar-refractivity contribution in [3.8, 4) is 0 Å². The maximum Gasteiger partial charge on any atom is 0.201 e. The van der Waals surface area contributed by atoms with Gasteiger partial charge in [0.15, 0.2) is 0 Å². The van der Waals surface area contributed by atoms with E-state index in [1.165, 1.54) is 0 Å². The van der Waals surface area contributed by atoms with Gasteiger partial charge < -0.3 is 4.43 Å². The number of hydrogen-bond acceptors (Lipinski definition) is 3. The van der Waals surface area contributed by atoms with Crippen molar-refractivity contribution < 1.29 is 12.8 Å². The molecule has 0 fully saturated rings. The van der Waals surface area contributed by atoms with E-state index in [0.717, 1.165) is 0 Å². The van der Waals surface area contributed by atoms with Crippen molar-refractivity contribution in [2.24, 2.45) is 0 Å². The second-order valence-corrected chi connectivity index (χ2v) is 4.85. The zero-order valence-electron chi connectivity index (χ0n) is 6.73. The molecule has 0 spiro atoms. The molecule has 0 aliphatic rings. The summed E-state index contributed by atoms with van der Waals surface area (Å²) < 4.78 is 27.4. The smallest absolute Gasteiger partial charge is 0.201 e. The van der Waals surface area contributed by atoms with Crippen molar-refractivity contribution >= 4 is 20.3 Å². The van der Waals surface area contributed by atoms with E-state index in [2.05, 4.69) is 0 Å². The highest BCUT2D eigenvalue weighted by Gasteiger charge is 2.11. The maximum absolute atomic E-state index is 11.3. The van der Waals surface area contributed by atoms with E-state index in [9.17, 15) is 8.42 Å². The fourth-order valence-corrected chi connectivity index (χ4v) is 2.80. The van der Waals surface area contributed by atoms with E-state index >= 15 is 0 Å². The van der Waals surface area contributed by atoms with Gasteiger partial charge in [-0.3, -0.25) is 0 Å². The third kappa shape index (κ3) is 2.16. The molecule has 1 aromatic carbocycles. The Balaban J connectivity index is 2.99. The predicted molar refractivity (Wildman–Crippen MR) is 49.5 cm³/mol. The Labute approximate surface area is 74.8 Å². The summed E-state index contributed by atoms with van der Waals surface area (Å²) in [5.41, 5.74) is 0. The molecule has 0 amide bonds. The molecule has 1 rings (SSSR count). The molecule has 0 unspecified atom stereocenters. The Bertz CT molecular complexity index is 333. The number of benzene rings is 1. The maximum atomic E-state index is 11.3. The van der Waals surface area contributed by atoms with E-state index in [1.54, 1.807) is 30.3 Å². The van der Waals surface area contributed by atoms with Crippen molar-refractivity contribution in [1.82, 2.24) is 0 Å². The molecule has 0 saturated carbocycles. The van der Waals surface area contributed by atoms with Gasteiger partial charge in [-0.25, -0.2) is 8.42 Å². The molecule has 0 N–H and O–H groups in total. The van der Waals surface area contributed by atoms with Crippen LogP contribution in [0.3, 0.4) is 0 Å². The van der Waals surface area contributed by atoms with E-state index in [-0.39, 0.29) is 5.94 Å². The van der Waals surface area contributed by atoms with Crippen molar-refractivity contribution in [2.75, 3.05) is 5.94 Å². The van der Waals surface area contributed by atoms with Gasteiger partial charge in [0.25, 0.3) is 0 Å². The first-order valence-corrected chi connectivity index (χ1v) is 5.90. The molecule has 66 valence electrons. The van der Waals surface area contributed by atoms with Crippen molar-refractivity contribution in [3.63, 3.8) is 0 Å². The van der Waals surface area contributed by atoms with Crippen molar-refractivity contribution in [2.45, 2.75) is 4.90 Å². The van der Waals surface area contributed by atoms with Crippen LogP contribution in [0.4, 0.5) is 0 Å². The van der Waals surface area contributed by atoms with Crippen LogP contribution in [0.1, 0.15) is 0 Å². The third-order valence-electron chi connectivity index (χ3n) is 1.38. The second-order valence-electron chi connectivity index (χ2n) is 2.33. The predicted octanol–water partition coefficient (Wildman–Crippen LogP) is -0.285.